The molecule has 0 amide bonds. The lowest BCUT2D eigenvalue weighted by Crippen LogP contribution is -2.46. The van der Waals surface area contributed by atoms with Crippen molar-refractivity contribution in [1.82, 2.24) is 4.98 Å². The van der Waals surface area contributed by atoms with Crippen molar-refractivity contribution in [2.45, 2.75) is 25.8 Å². The van der Waals surface area contributed by atoms with Gasteiger partial charge in [-0.25, -0.2) is 4.79 Å². The molecule has 6 heteroatoms. The molecule has 2 aromatic rings. The first-order valence-electron chi connectivity index (χ1n) is 9.08. The highest BCUT2D eigenvalue weighted by Gasteiger charge is 2.45. The smallest absolute Gasteiger partial charge is 0.341 e. The van der Waals surface area contributed by atoms with Crippen LogP contribution in [0.25, 0.3) is 11.3 Å². The second kappa shape index (κ2) is 6.29. The summed E-state index contributed by atoms with van der Waals surface area (Å²) in [5.74, 6) is 0.127. The van der Waals surface area contributed by atoms with Crippen LogP contribution in [0.5, 0.6) is 0 Å². The number of carbonyl (C=O) groups is 1. The van der Waals surface area contributed by atoms with Crippen molar-refractivity contribution >= 4 is 11.7 Å². The molecule has 1 saturated heterocycles. The van der Waals surface area contributed by atoms with Crippen LogP contribution < -0.4 is 16.2 Å². The van der Waals surface area contributed by atoms with Crippen LogP contribution in [0.3, 0.4) is 0 Å². The maximum absolute atomic E-state index is 12.1. The molecule has 3 atom stereocenters. The first-order valence-corrected chi connectivity index (χ1v) is 9.08. The van der Waals surface area contributed by atoms with Crippen molar-refractivity contribution < 1.29 is 9.90 Å². The third kappa shape index (κ3) is 2.70. The fraction of sp³-hybridized carbons (Fsp3) is 0.400. The molecular weight excluding hydrogens is 330 g/mol. The van der Waals surface area contributed by atoms with Crippen molar-refractivity contribution in [3.05, 3.63) is 51.8 Å². The van der Waals surface area contributed by atoms with Crippen LogP contribution in [0.15, 0.2) is 35.1 Å². The Morgan fingerprint density at radius 1 is 1.31 bits per heavy atom. The Morgan fingerprint density at radius 2 is 2.04 bits per heavy atom. The number of aromatic carboxylic acids is 1. The molecule has 4 rings (SSSR count). The fourth-order valence-electron chi connectivity index (χ4n) is 4.28. The number of anilines is 1. The second-order valence-electron chi connectivity index (χ2n) is 7.35. The van der Waals surface area contributed by atoms with Gasteiger partial charge in [-0.15, -0.1) is 0 Å². The summed E-state index contributed by atoms with van der Waals surface area (Å²) in [6.07, 6.45) is 1.76. The summed E-state index contributed by atoms with van der Waals surface area (Å²) in [6.45, 7) is 4.01. The molecule has 1 aliphatic heterocycles. The summed E-state index contributed by atoms with van der Waals surface area (Å²) in [4.78, 5) is 28.4. The Morgan fingerprint density at radius 3 is 2.62 bits per heavy atom. The number of carboxylic acid groups (broad SMARTS) is 1. The van der Waals surface area contributed by atoms with Gasteiger partial charge in [0.1, 0.15) is 5.56 Å². The van der Waals surface area contributed by atoms with Crippen molar-refractivity contribution in [2.24, 2.45) is 17.6 Å². The molecule has 2 fully saturated rings. The largest absolute Gasteiger partial charge is 0.477 e. The summed E-state index contributed by atoms with van der Waals surface area (Å²) in [5, 5.41) is 9.14. The standard InChI is InChI=1S/C20H23N3O3/c1-2-11-7-15(20(25)26)19(24)22-18(11)12-3-5-14(6-4-12)23-9-13-8-17(21)16(13)10-23/h3-7,13,16-17H,2,8-10,21H2,1H3,(H,22,24)(H,25,26)/t13-,16+,17+/m1/s1. The summed E-state index contributed by atoms with van der Waals surface area (Å²) in [5.41, 5.74) is 8.86. The normalized spacial score (nSPS) is 24.2. The summed E-state index contributed by atoms with van der Waals surface area (Å²) in [6, 6.07) is 9.92. The first-order chi connectivity index (χ1) is 12.5. The number of aromatic amines is 1. The average molecular weight is 353 g/mol. The van der Waals surface area contributed by atoms with Gasteiger partial charge >= 0.3 is 5.97 Å². The quantitative estimate of drug-likeness (QED) is 0.781. The zero-order chi connectivity index (χ0) is 18.4. The highest BCUT2D eigenvalue weighted by Crippen LogP contribution is 2.41. The predicted molar refractivity (Wildman–Crippen MR) is 101 cm³/mol. The molecule has 2 aliphatic rings. The number of pyridine rings is 1. The van der Waals surface area contributed by atoms with E-state index in [0.29, 0.717) is 24.1 Å². The number of fused-ring (bicyclic) bond motifs is 1. The van der Waals surface area contributed by atoms with Crippen molar-refractivity contribution in [3.8, 4) is 11.3 Å². The molecule has 0 bridgehead atoms. The average Bonchev–Trinajstić information content (AvgIpc) is 2.98. The van der Waals surface area contributed by atoms with Crippen LogP contribution in [0.2, 0.25) is 0 Å². The lowest BCUT2D eigenvalue weighted by molar-refractivity contribution is 0.0695. The van der Waals surface area contributed by atoms with Crippen LogP contribution in [0.4, 0.5) is 5.69 Å². The summed E-state index contributed by atoms with van der Waals surface area (Å²) < 4.78 is 0. The Balaban J connectivity index is 1.62. The van der Waals surface area contributed by atoms with Gasteiger partial charge in [0, 0.05) is 24.8 Å². The fourth-order valence-corrected chi connectivity index (χ4v) is 4.28. The lowest BCUT2D eigenvalue weighted by atomic mass is 9.72. The van der Waals surface area contributed by atoms with E-state index in [0.717, 1.165) is 42.2 Å². The topological polar surface area (TPSA) is 99.4 Å². The highest BCUT2D eigenvalue weighted by atomic mass is 16.4. The summed E-state index contributed by atoms with van der Waals surface area (Å²) in [7, 11) is 0. The summed E-state index contributed by atoms with van der Waals surface area (Å²) >= 11 is 0. The number of hydrogen-bond donors (Lipinski definition) is 3. The van der Waals surface area contributed by atoms with E-state index in [9.17, 15) is 9.59 Å². The predicted octanol–water partition coefficient (Wildman–Crippen LogP) is 2.09. The van der Waals surface area contributed by atoms with E-state index in [1.807, 2.05) is 19.1 Å². The number of aromatic nitrogens is 1. The number of rotatable bonds is 4. The number of carboxylic acids is 1. The van der Waals surface area contributed by atoms with Gasteiger partial charge in [0.15, 0.2) is 0 Å². The second-order valence-corrected chi connectivity index (χ2v) is 7.35. The zero-order valence-corrected chi connectivity index (χ0v) is 14.7. The third-order valence-corrected chi connectivity index (χ3v) is 5.87. The Bertz CT molecular complexity index is 904. The van der Waals surface area contributed by atoms with Crippen molar-refractivity contribution in [2.75, 3.05) is 18.0 Å². The van der Waals surface area contributed by atoms with Gasteiger partial charge in [0.05, 0.1) is 5.69 Å². The van der Waals surface area contributed by atoms with E-state index >= 15 is 0 Å². The lowest BCUT2D eigenvalue weighted by Gasteiger charge is -2.36. The van der Waals surface area contributed by atoms with Gasteiger partial charge < -0.3 is 20.7 Å². The number of nitrogens with one attached hydrogen (secondary N) is 1. The molecule has 0 spiro atoms. The number of nitrogens with two attached hydrogens (primary N) is 1. The van der Waals surface area contributed by atoms with E-state index in [2.05, 4.69) is 22.0 Å². The SMILES string of the molecule is CCc1cc(C(=O)O)c(=O)[nH]c1-c1ccc(N2C[C@H]3C[C@H](N)[C@H]3C2)cc1. The molecule has 4 N–H and O–H groups in total. The molecule has 1 aromatic carbocycles. The van der Waals surface area contributed by atoms with E-state index in [4.69, 9.17) is 10.8 Å². The van der Waals surface area contributed by atoms with E-state index in [1.54, 1.807) is 0 Å². The minimum absolute atomic E-state index is 0.217. The number of aryl methyl sites for hydroxylation is 1. The first kappa shape index (κ1) is 16.8. The van der Waals surface area contributed by atoms with Crippen LogP contribution in [-0.2, 0) is 6.42 Å². The number of nitrogens with zero attached hydrogens (tertiary/aromatic N) is 1. The molecule has 136 valence electrons. The molecule has 26 heavy (non-hydrogen) atoms. The van der Waals surface area contributed by atoms with Crippen LogP contribution >= 0.6 is 0 Å². The van der Waals surface area contributed by atoms with Gasteiger partial charge in [-0.05, 0) is 54.0 Å². The third-order valence-electron chi connectivity index (χ3n) is 5.87. The van der Waals surface area contributed by atoms with Gasteiger partial charge in [0.2, 0.25) is 0 Å². The van der Waals surface area contributed by atoms with Crippen molar-refractivity contribution in [1.29, 1.82) is 0 Å². The van der Waals surface area contributed by atoms with Gasteiger partial charge in [-0.1, -0.05) is 19.1 Å². The highest BCUT2D eigenvalue weighted by molar-refractivity contribution is 5.88. The number of benzene rings is 1. The van der Waals surface area contributed by atoms with Crippen LogP contribution in [0.1, 0.15) is 29.3 Å². The molecule has 0 radical (unpaired) electrons. The minimum Gasteiger partial charge on any atom is -0.477 e. The Labute approximate surface area is 151 Å². The van der Waals surface area contributed by atoms with Crippen LogP contribution in [-0.4, -0.2) is 35.2 Å². The zero-order valence-electron chi connectivity index (χ0n) is 14.7. The van der Waals surface area contributed by atoms with Gasteiger partial charge in [0.25, 0.3) is 5.56 Å². The Kier molecular flexibility index (Phi) is 4.07. The molecule has 6 nitrogen and oxygen atoms in total. The number of hydrogen-bond acceptors (Lipinski definition) is 4. The monoisotopic (exact) mass is 353 g/mol. The van der Waals surface area contributed by atoms with Gasteiger partial charge in [-0.2, -0.15) is 0 Å². The molecule has 1 aliphatic carbocycles. The molecular formula is C20H23N3O3. The minimum atomic E-state index is -1.20. The van der Waals surface area contributed by atoms with Crippen LogP contribution in [0, 0.1) is 11.8 Å². The van der Waals surface area contributed by atoms with E-state index in [-0.39, 0.29) is 5.56 Å². The van der Waals surface area contributed by atoms with Crippen molar-refractivity contribution in [3.63, 3.8) is 0 Å². The Hall–Kier alpha value is -2.60. The molecule has 1 aromatic heterocycles. The maximum atomic E-state index is 12.1. The molecule has 0 unspecified atom stereocenters. The van der Waals surface area contributed by atoms with E-state index < -0.39 is 11.5 Å². The van der Waals surface area contributed by atoms with Gasteiger partial charge in [-0.3, -0.25) is 4.79 Å². The maximum Gasteiger partial charge on any atom is 0.341 e. The molecule has 1 saturated carbocycles. The number of H-pyrrole nitrogens is 1. The molecule has 2 heterocycles. The van der Waals surface area contributed by atoms with E-state index in [1.165, 1.54) is 6.07 Å².